The highest BCUT2D eigenvalue weighted by Gasteiger charge is 2.13. The van der Waals surface area contributed by atoms with Crippen molar-refractivity contribution in [1.29, 1.82) is 5.26 Å². The molecule has 0 amide bonds. The molecule has 126 valence electrons. The Morgan fingerprint density at radius 1 is 1.21 bits per heavy atom. The SMILES string of the molecule is CCSCCOc1ccc(-c2cc(SCC)c(C#N)c(=O)o2)cc1. The molecule has 1 aromatic heterocycles. The van der Waals surface area contributed by atoms with E-state index in [9.17, 15) is 4.79 Å². The Kier molecular flexibility index (Phi) is 7.29. The molecule has 1 aromatic carbocycles. The predicted molar refractivity (Wildman–Crippen MR) is 100 cm³/mol. The molecule has 0 N–H and O–H groups in total. The Morgan fingerprint density at radius 3 is 2.58 bits per heavy atom. The maximum absolute atomic E-state index is 12.0. The molecular weight excluding hydrogens is 342 g/mol. The number of nitriles is 1. The molecule has 4 nitrogen and oxygen atoms in total. The fourth-order valence-corrected chi connectivity index (χ4v) is 3.33. The van der Waals surface area contributed by atoms with Gasteiger partial charge >= 0.3 is 5.63 Å². The van der Waals surface area contributed by atoms with Crippen molar-refractivity contribution in [2.24, 2.45) is 0 Å². The maximum Gasteiger partial charge on any atom is 0.355 e. The summed E-state index contributed by atoms with van der Waals surface area (Å²) >= 11 is 3.29. The molecule has 0 saturated carbocycles. The fourth-order valence-electron chi connectivity index (χ4n) is 2.06. The van der Waals surface area contributed by atoms with Crippen molar-refractivity contribution in [2.45, 2.75) is 18.7 Å². The second-order valence-corrected chi connectivity index (χ2v) is 7.45. The first-order chi connectivity index (χ1) is 11.7. The molecule has 2 aromatic rings. The van der Waals surface area contributed by atoms with Crippen molar-refractivity contribution in [3.8, 4) is 23.1 Å². The average molecular weight is 361 g/mol. The number of ether oxygens (including phenoxy) is 1. The first kappa shape index (κ1) is 18.5. The van der Waals surface area contributed by atoms with Gasteiger partial charge in [0.2, 0.25) is 0 Å². The Labute approximate surface area is 150 Å². The number of rotatable bonds is 8. The van der Waals surface area contributed by atoms with Crippen LogP contribution in [0.5, 0.6) is 5.75 Å². The summed E-state index contributed by atoms with van der Waals surface area (Å²) in [6.07, 6.45) is 0. The quantitative estimate of drug-likeness (QED) is 0.512. The summed E-state index contributed by atoms with van der Waals surface area (Å²) in [5.74, 6) is 4.07. The van der Waals surface area contributed by atoms with Crippen LogP contribution in [0.25, 0.3) is 11.3 Å². The highest BCUT2D eigenvalue weighted by atomic mass is 32.2. The number of hydrogen-bond donors (Lipinski definition) is 0. The summed E-state index contributed by atoms with van der Waals surface area (Å²) in [6, 6.07) is 11.1. The van der Waals surface area contributed by atoms with E-state index < -0.39 is 5.63 Å². The second-order valence-electron chi connectivity index (χ2n) is 4.75. The van der Waals surface area contributed by atoms with E-state index in [0.29, 0.717) is 17.3 Å². The van der Waals surface area contributed by atoms with Crippen molar-refractivity contribution in [2.75, 3.05) is 23.9 Å². The molecule has 0 bridgehead atoms. The third-order valence-electron chi connectivity index (χ3n) is 3.17. The lowest BCUT2D eigenvalue weighted by Gasteiger charge is -2.08. The lowest BCUT2D eigenvalue weighted by atomic mass is 10.1. The van der Waals surface area contributed by atoms with E-state index in [4.69, 9.17) is 14.4 Å². The summed E-state index contributed by atoms with van der Waals surface area (Å²) in [5.41, 5.74) is 0.256. The molecule has 0 fully saturated rings. The minimum atomic E-state index is -0.595. The molecule has 2 rings (SSSR count). The van der Waals surface area contributed by atoms with Gasteiger partial charge in [0.15, 0.2) is 5.56 Å². The Bertz CT molecular complexity index is 763. The van der Waals surface area contributed by atoms with Gasteiger partial charge in [0.1, 0.15) is 17.6 Å². The largest absolute Gasteiger partial charge is 0.493 e. The third kappa shape index (κ3) is 4.83. The highest BCUT2D eigenvalue weighted by Crippen LogP contribution is 2.27. The van der Waals surface area contributed by atoms with E-state index >= 15 is 0 Å². The van der Waals surface area contributed by atoms with Gasteiger partial charge in [0, 0.05) is 16.2 Å². The van der Waals surface area contributed by atoms with Crippen molar-refractivity contribution < 1.29 is 9.15 Å². The monoisotopic (exact) mass is 361 g/mol. The van der Waals surface area contributed by atoms with E-state index in [2.05, 4.69) is 6.92 Å². The van der Waals surface area contributed by atoms with E-state index in [1.807, 2.05) is 49.0 Å². The zero-order valence-corrected chi connectivity index (χ0v) is 15.3. The number of nitrogens with zero attached hydrogens (tertiary/aromatic N) is 1. The van der Waals surface area contributed by atoms with Crippen molar-refractivity contribution in [1.82, 2.24) is 0 Å². The summed E-state index contributed by atoms with van der Waals surface area (Å²) in [7, 11) is 0. The Balaban J connectivity index is 2.19. The normalized spacial score (nSPS) is 10.4. The van der Waals surface area contributed by atoms with E-state index in [-0.39, 0.29) is 5.56 Å². The van der Waals surface area contributed by atoms with Gasteiger partial charge in [-0.1, -0.05) is 13.8 Å². The smallest absolute Gasteiger partial charge is 0.355 e. The van der Waals surface area contributed by atoms with Gasteiger partial charge in [-0.2, -0.15) is 17.0 Å². The van der Waals surface area contributed by atoms with Gasteiger partial charge in [0.05, 0.1) is 6.61 Å². The summed E-state index contributed by atoms with van der Waals surface area (Å²) in [5, 5.41) is 9.10. The van der Waals surface area contributed by atoms with Crippen LogP contribution in [0.3, 0.4) is 0 Å². The van der Waals surface area contributed by atoms with Crippen molar-refractivity contribution in [3.63, 3.8) is 0 Å². The van der Waals surface area contributed by atoms with Gasteiger partial charge in [-0.05, 0) is 41.8 Å². The first-order valence-corrected chi connectivity index (χ1v) is 9.85. The van der Waals surface area contributed by atoms with E-state index in [1.54, 1.807) is 6.07 Å². The van der Waals surface area contributed by atoms with Crippen LogP contribution in [0.1, 0.15) is 19.4 Å². The van der Waals surface area contributed by atoms with E-state index in [0.717, 1.165) is 28.6 Å². The van der Waals surface area contributed by atoms with Crippen molar-refractivity contribution >= 4 is 23.5 Å². The average Bonchev–Trinajstić information content (AvgIpc) is 2.59. The molecular formula is C18H19NO3S2. The van der Waals surface area contributed by atoms with Gasteiger partial charge in [-0.15, -0.1) is 11.8 Å². The molecule has 6 heteroatoms. The van der Waals surface area contributed by atoms with Gasteiger partial charge < -0.3 is 9.15 Å². The Morgan fingerprint density at radius 2 is 1.96 bits per heavy atom. The van der Waals surface area contributed by atoms with Crippen molar-refractivity contribution in [3.05, 3.63) is 46.3 Å². The lowest BCUT2D eigenvalue weighted by Crippen LogP contribution is -2.06. The minimum Gasteiger partial charge on any atom is -0.493 e. The van der Waals surface area contributed by atoms with Crippen LogP contribution in [0.15, 0.2) is 44.4 Å². The first-order valence-electron chi connectivity index (χ1n) is 7.71. The van der Waals surface area contributed by atoms with Crippen LogP contribution in [0.4, 0.5) is 0 Å². The zero-order valence-electron chi connectivity index (χ0n) is 13.7. The van der Waals surface area contributed by atoms with Crippen LogP contribution in [-0.2, 0) is 0 Å². The molecule has 0 saturated heterocycles. The van der Waals surface area contributed by atoms with Crippen LogP contribution in [-0.4, -0.2) is 23.9 Å². The fraction of sp³-hybridized carbons (Fsp3) is 0.333. The number of hydrogen-bond acceptors (Lipinski definition) is 6. The van der Waals surface area contributed by atoms with E-state index in [1.165, 1.54) is 11.8 Å². The summed E-state index contributed by atoms with van der Waals surface area (Å²) in [4.78, 5) is 12.6. The molecule has 0 aliphatic heterocycles. The Hall–Kier alpha value is -1.84. The molecule has 0 unspecified atom stereocenters. The molecule has 24 heavy (non-hydrogen) atoms. The summed E-state index contributed by atoms with van der Waals surface area (Å²) in [6.45, 7) is 4.76. The maximum atomic E-state index is 12.0. The standard InChI is InChI=1S/C18H19NO3S2/c1-3-23-10-9-21-14-7-5-13(6-8-14)16-11-17(24-4-2)15(12-19)18(20)22-16/h5-8,11H,3-4,9-10H2,1-2H3. The third-order valence-corrected chi connectivity index (χ3v) is 4.95. The number of thioether (sulfide) groups is 2. The lowest BCUT2D eigenvalue weighted by molar-refractivity contribution is 0.344. The number of benzene rings is 1. The zero-order chi connectivity index (χ0) is 17.4. The van der Waals surface area contributed by atoms with Gasteiger partial charge in [-0.3, -0.25) is 0 Å². The second kappa shape index (κ2) is 9.45. The molecule has 0 aliphatic rings. The molecule has 0 spiro atoms. The van der Waals surface area contributed by atoms with Crippen LogP contribution >= 0.6 is 23.5 Å². The van der Waals surface area contributed by atoms with Gasteiger partial charge in [0.25, 0.3) is 0 Å². The molecule has 0 aliphatic carbocycles. The highest BCUT2D eigenvalue weighted by molar-refractivity contribution is 7.99. The molecule has 0 atom stereocenters. The van der Waals surface area contributed by atoms with Crippen LogP contribution in [0.2, 0.25) is 0 Å². The van der Waals surface area contributed by atoms with Gasteiger partial charge in [-0.25, -0.2) is 4.79 Å². The van der Waals surface area contributed by atoms with Crippen LogP contribution in [0, 0.1) is 11.3 Å². The summed E-state index contributed by atoms with van der Waals surface area (Å²) < 4.78 is 11.0. The molecule has 0 radical (unpaired) electrons. The van der Waals surface area contributed by atoms with Crippen LogP contribution < -0.4 is 10.4 Å². The molecule has 1 heterocycles. The predicted octanol–water partition coefficient (Wildman–Crippen LogP) is 4.42. The topological polar surface area (TPSA) is 63.2 Å². The minimum absolute atomic E-state index is 0.0685.